The van der Waals surface area contributed by atoms with Crippen LogP contribution in [-0.2, 0) is 11.2 Å². The maximum Gasteiger partial charge on any atom is 0.190 e. The molecule has 2 N–H and O–H groups in total. The molecule has 0 atom stereocenters. The van der Waals surface area contributed by atoms with Gasteiger partial charge >= 0.3 is 0 Å². The molecule has 0 unspecified atom stereocenters. The van der Waals surface area contributed by atoms with E-state index in [0.29, 0.717) is 0 Å². The molecule has 1 rings (SSSR count). The molecule has 0 radical (unpaired) electrons. The number of rotatable bonds is 7. The van der Waals surface area contributed by atoms with Gasteiger partial charge in [-0.15, -0.1) is 11.3 Å². The third-order valence-corrected chi connectivity index (χ3v) is 4.02. The number of hydrogen-bond acceptors (Lipinski definition) is 3. The van der Waals surface area contributed by atoms with E-state index in [9.17, 15) is 0 Å². The molecular weight excluding hydrogens is 314 g/mol. The van der Waals surface area contributed by atoms with Crippen LogP contribution in [0.5, 0.6) is 0 Å². The predicted molar refractivity (Wildman–Crippen MR) is 81.6 cm³/mol. The van der Waals surface area contributed by atoms with E-state index in [1.54, 1.807) is 25.5 Å². The Bertz CT molecular complexity index is 368. The fourth-order valence-corrected chi connectivity index (χ4v) is 2.92. The lowest BCUT2D eigenvalue weighted by Crippen LogP contribution is -2.38. The molecule has 102 valence electrons. The number of aliphatic imine (C=N–C) groups is 1. The molecule has 0 aliphatic carbocycles. The summed E-state index contributed by atoms with van der Waals surface area (Å²) < 4.78 is 6.18. The number of methoxy groups -OCH3 is 1. The Labute approximate surface area is 121 Å². The monoisotopic (exact) mass is 333 g/mol. The normalized spacial score (nSPS) is 11.6. The molecule has 1 aromatic heterocycles. The summed E-state index contributed by atoms with van der Waals surface area (Å²) in [5, 5.41) is 6.54. The molecule has 0 aliphatic heterocycles. The first kappa shape index (κ1) is 15.5. The molecule has 0 aliphatic rings. The molecule has 0 bridgehead atoms. The van der Waals surface area contributed by atoms with Crippen molar-refractivity contribution in [3.8, 4) is 0 Å². The standard InChI is InChI=1S/C12H20BrN3OS/c1-14-12(15-7-3-9-17-2)16-8-6-10-4-5-11(13)18-10/h4-5H,3,6-9H2,1-2H3,(H2,14,15,16). The van der Waals surface area contributed by atoms with Crippen molar-refractivity contribution in [1.82, 2.24) is 10.6 Å². The summed E-state index contributed by atoms with van der Waals surface area (Å²) in [6, 6.07) is 4.23. The molecule has 4 nitrogen and oxygen atoms in total. The average molecular weight is 334 g/mol. The zero-order valence-corrected chi connectivity index (χ0v) is 13.2. The smallest absolute Gasteiger partial charge is 0.190 e. The quantitative estimate of drug-likeness (QED) is 0.457. The number of guanidine groups is 1. The Balaban J connectivity index is 2.15. The lowest BCUT2D eigenvalue weighted by atomic mass is 10.3. The van der Waals surface area contributed by atoms with Gasteiger partial charge in [0.25, 0.3) is 0 Å². The van der Waals surface area contributed by atoms with Crippen molar-refractivity contribution in [1.29, 1.82) is 0 Å². The lowest BCUT2D eigenvalue weighted by molar-refractivity contribution is 0.195. The summed E-state index contributed by atoms with van der Waals surface area (Å²) in [7, 11) is 3.50. The maximum atomic E-state index is 5.00. The highest BCUT2D eigenvalue weighted by atomic mass is 79.9. The Morgan fingerprint density at radius 3 is 2.78 bits per heavy atom. The Kier molecular flexibility index (Phi) is 8.04. The van der Waals surface area contributed by atoms with Gasteiger partial charge in [-0.3, -0.25) is 4.99 Å². The van der Waals surface area contributed by atoms with Crippen LogP contribution in [0, 0.1) is 0 Å². The molecule has 0 amide bonds. The highest BCUT2D eigenvalue weighted by Crippen LogP contribution is 2.21. The minimum atomic E-state index is 0.771. The Morgan fingerprint density at radius 1 is 1.39 bits per heavy atom. The molecule has 6 heteroatoms. The van der Waals surface area contributed by atoms with Gasteiger partial charge in [0.05, 0.1) is 3.79 Å². The van der Waals surface area contributed by atoms with Crippen LogP contribution in [0.3, 0.4) is 0 Å². The van der Waals surface area contributed by atoms with Crippen molar-refractivity contribution >= 4 is 33.2 Å². The van der Waals surface area contributed by atoms with Crippen molar-refractivity contribution in [2.45, 2.75) is 12.8 Å². The first-order valence-corrected chi connectivity index (χ1v) is 7.55. The van der Waals surface area contributed by atoms with Gasteiger partial charge in [0.15, 0.2) is 5.96 Å². The van der Waals surface area contributed by atoms with E-state index in [1.165, 1.54) is 8.66 Å². The van der Waals surface area contributed by atoms with E-state index in [-0.39, 0.29) is 0 Å². The molecule has 18 heavy (non-hydrogen) atoms. The van der Waals surface area contributed by atoms with Gasteiger partial charge in [0, 0.05) is 38.7 Å². The van der Waals surface area contributed by atoms with Gasteiger partial charge in [-0.05, 0) is 40.9 Å². The second-order valence-corrected chi connectivity index (χ2v) is 6.28. The van der Waals surface area contributed by atoms with E-state index in [4.69, 9.17) is 4.74 Å². The predicted octanol–water partition coefficient (Wildman–Crippen LogP) is 2.25. The van der Waals surface area contributed by atoms with Crippen LogP contribution in [-0.4, -0.2) is 39.8 Å². The van der Waals surface area contributed by atoms with Crippen LogP contribution in [0.15, 0.2) is 20.9 Å². The average Bonchev–Trinajstić information content (AvgIpc) is 2.78. The van der Waals surface area contributed by atoms with Gasteiger partial charge in [-0.1, -0.05) is 0 Å². The number of nitrogens with one attached hydrogen (secondary N) is 2. The third-order valence-electron chi connectivity index (χ3n) is 2.33. The van der Waals surface area contributed by atoms with Crippen LogP contribution in [0.1, 0.15) is 11.3 Å². The minimum Gasteiger partial charge on any atom is -0.385 e. The van der Waals surface area contributed by atoms with Crippen molar-refractivity contribution in [2.75, 3.05) is 33.9 Å². The fraction of sp³-hybridized carbons (Fsp3) is 0.583. The maximum absolute atomic E-state index is 5.00. The highest BCUT2D eigenvalue weighted by Gasteiger charge is 1.99. The second kappa shape index (κ2) is 9.35. The first-order valence-electron chi connectivity index (χ1n) is 5.94. The van der Waals surface area contributed by atoms with Gasteiger partial charge in [-0.2, -0.15) is 0 Å². The van der Waals surface area contributed by atoms with Gasteiger partial charge < -0.3 is 15.4 Å². The van der Waals surface area contributed by atoms with Crippen LogP contribution < -0.4 is 10.6 Å². The molecule has 1 heterocycles. The van der Waals surface area contributed by atoms with Crippen molar-refractivity contribution in [3.05, 3.63) is 20.8 Å². The van der Waals surface area contributed by atoms with Crippen LogP contribution in [0.4, 0.5) is 0 Å². The summed E-state index contributed by atoms with van der Waals surface area (Å²) in [6.07, 6.45) is 1.99. The molecule has 1 aromatic rings. The van der Waals surface area contributed by atoms with E-state index in [0.717, 1.165) is 38.5 Å². The van der Waals surface area contributed by atoms with Gasteiger partial charge in [-0.25, -0.2) is 0 Å². The number of halogens is 1. The Hall–Kier alpha value is -0.590. The van der Waals surface area contributed by atoms with Crippen LogP contribution in [0.25, 0.3) is 0 Å². The summed E-state index contributed by atoms with van der Waals surface area (Å²) in [5.74, 6) is 0.849. The molecular formula is C12H20BrN3OS. The van der Waals surface area contributed by atoms with Crippen LogP contribution >= 0.6 is 27.3 Å². The minimum absolute atomic E-state index is 0.771. The van der Waals surface area contributed by atoms with E-state index in [2.05, 4.69) is 43.7 Å². The topological polar surface area (TPSA) is 45.7 Å². The summed E-state index contributed by atoms with van der Waals surface area (Å²) in [6.45, 7) is 2.53. The van der Waals surface area contributed by atoms with E-state index < -0.39 is 0 Å². The lowest BCUT2D eigenvalue weighted by Gasteiger charge is -2.11. The number of ether oxygens (including phenoxy) is 1. The summed E-state index contributed by atoms with van der Waals surface area (Å²) >= 11 is 5.24. The Morgan fingerprint density at radius 2 is 2.17 bits per heavy atom. The molecule has 0 saturated heterocycles. The van der Waals surface area contributed by atoms with Crippen molar-refractivity contribution in [2.24, 2.45) is 4.99 Å². The zero-order chi connectivity index (χ0) is 13.2. The van der Waals surface area contributed by atoms with Crippen LogP contribution in [0.2, 0.25) is 0 Å². The van der Waals surface area contributed by atoms with Gasteiger partial charge in [0.2, 0.25) is 0 Å². The number of thiophene rings is 1. The SMILES string of the molecule is CN=C(NCCCOC)NCCc1ccc(Br)s1. The number of hydrogen-bond donors (Lipinski definition) is 2. The molecule has 0 saturated carbocycles. The van der Waals surface area contributed by atoms with Gasteiger partial charge in [0.1, 0.15) is 0 Å². The zero-order valence-electron chi connectivity index (χ0n) is 10.8. The first-order chi connectivity index (χ1) is 8.76. The fourth-order valence-electron chi connectivity index (χ4n) is 1.43. The van der Waals surface area contributed by atoms with E-state index >= 15 is 0 Å². The van der Waals surface area contributed by atoms with Crippen molar-refractivity contribution < 1.29 is 4.74 Å². The summed E-state index contributed by atoms with van der Waals surface area (Å²) in [4.78, 5) is 5.53. The second-order valence-electron chi connectivity index (χ2n) is 3.73. The largest absolute Gasteiger partial charge is 0.385 e. The highest BCUT2D eigenvalue weighted by molar-refractivity contribution is 9.11. The molecule has 0 aromatic carbocycles. The molecule has 0 fully saturated rings. The van der Waals surface area contributed by atoms with Crippen molar-refractivity contribution in [3.63, 3.8) is 0 Å². The summed E-state index contributed by atoms with van der Waals surface area (Å²) in [5.41, 5.74) is 0. The van der Waals surface area contributed by atoms with E-state index in [1.807, 2.05) is 0 Å². The third kappa shape index (κ3) is 6.37. The molecule has 0 spiro atoms. The number of nitrogens with zero attached hydrogens (tertiary/aromatic N) is 1.